The van der Waals surface area contributed by atoms with Crippen LogP contribution in [0.15, 0.2) is 21.0 Å². The number of thiazole rings is 1. The van der Waals surface area contributed by atoms with Gasteiger partial charge in [0.05, 0.1) is 22.4 Å². The summed E-state index contributed by atoms with van der Waals surface area (Å²) in [6.07, 6.45) is 7.74. The highest BCUT2D eigenvalue weighted by atomic mass is 32.2. The molecule has 1 saturated carbocycles. The van der Waals surface area contributed by atoms with Crippen molar-refractivity contribution in [2.24, 2.45) is 5.92 Å². The van der Waals surface area contributed by atoms with E-state index < -0.39 is 11.6 Å². The number of anilines is 1. The van der Waals surface area contributed by atoms with Gasteiger partial charge < -0.3 is 24.6 Å². The summed E-state index contributed by atoms with van der Waals surface area (Å²) in [6.45, 7) is 13.6. The maximum absolute atomic E-state index is 13.4. The van der Waals surface area contributed by atoms with Gasteiger partial charge in [0, 0.05) is 42.0 Å². The van der Waals surface area contributed by atoms with Crippen LogP contribution in [-0.2, 0) is 16.0 Å². The number of carbonyl (C=O) groups excluding carboxylic acids is 1. The number of carbonyl (C=O) groups is 2. The SMILES string of the molecule is CC(C)(C)c1cnc(CSc2cnc(N[C@@H]3CCCN(C(=O)C4CCC(N(C(=O)O)C(C)(C)C)CC4)C3)s2)o1. The topological polar surface area (TPSA) is 112 Å². The molecule has 2 aliphatic rings. The zero-order valence-corrected chi connectivity index (χ0v) is 25.7. The van der Waals surface area contributed by atoms with Crippen molar-refractivity contribution in [2.45, 2.75) is 113 Å². The lowest BCUT2D eigenvalue weighted by molar-refractivity contribution is -0.138. The number of rotatable bonds is 7. The molecule has 3 heterocycles. The first-order chi connectivity index (χ1) is 18.3. The number of hydrogen-bond donors (Lipinski definition) is 2. The van der Waals surface area contributed by atoms with E-state index in [1.807, 2.05) is 38.1 Å². The van der Waals surface area contributed by atoms with E-state index in [-0.39, 0.29) is 29.3 Å². The van der Waals surface area contributed by atoms with E-state index in [0.717, 1.165) is 66.1 Å². The molecule has 0 unspecified atom stereocenters. The molecule has 39 heavy (non-hydrogen) atoms. The van der Waals surface area contributed by atoms with Crippen molar-refractivity contribution in [3.63, 3.8) is 0 Å². The lowest BCUT2D eigenvalue weighted by atomic mass is 9.83. The molecule has 11 heteroatoms. The molecule has 9 nitrogen and oxygen atoms in total. The van der Waals surface area contributed by atoms with Crippen molar-refractivity contribution < 1.29 is 19.1 Å². The molecule has 2 aromatic heterocycles. The Kier molecular flexibility index (Phi) is 9.20. The minimum atomic E-state index is -0.877. The zero-order chi connectivity index (χ0) is 28.4. The number of hydrogen-bond acceptors (Lipinski definition) is 8. The zero-order valence-electron chi connectivity index (χ0n) is 24.0. The molecule has 4 rings (SSSR count). The summed E-state index contributed by atoms with van der Waals surface area (Å²) in [4.78, 5) is 37.8. The van der Waals surface area contributed by atoms with Crippen LogP contribution in [0.4, 0.5) is 9.93 Å². The van der Waals surface area contributed by atoms with Crippen LogP contribution in [0.25, 0.3) is 0 Å². The highest BCUT2D eigenvalue weighted by Crippen LogP contribution is 2.35. The number of amides is 2. The van der Waals surface area contributed by atoms with Crippen LogP contribution in [0.5, 0.6) is 0 Å². The summed E-state index contributed by atoms with van der Waals surface area (Å²) in [7, 11) is 0. The van der Waals surface area contributed by atoms with Gasteiger partial charge in [-0.25, -0.2) is 14.8 Å². The summed E-state index contributed by atoms with van der Waals surface area (Å²) in [6, 6.07) is 0.149. The Hall–Kier alpha value is -2.27. The van der Waals surface area contributed by atoms with E-state index in [4.69, 9.17) is 4.42 Å². The third kappa shape index (κ3) is 7.68. The average molecular weight is 578 g/mol. The number of piperidine rings is 1. The van der Waals surface area contributed by atoms with Crippen LogP contribution >= 0.6 is 23.1 Å². The highest BCUT2D eigenvalue weighted by Gasteiger charge is 2.38. The second-order valence-electron chi connectivity index (χ2n) is 12.7. The summed E-state index contributed by atoms with van der Waals surface area (Å²) in [5.41, 5.74) is -0.501. The van der Waals surface area contributed by atoms with Crippen molar-refractivity contribution in [3.8, 4) is 0 Å². The van der Waals surface area contributed by atoms with Crippen molar-refractivity contribution in [1.82, 2.24) is 19.8 Å². The molecule has 2 fully saturated rings. The lowest BCUT2D eigenvalue weighted by Gasteiger charge is -2.43. The number of aromatic nitrogens is 2. The fourth-order valence-electron chi connectivity index (χ4n) is 5.55. The van der Waals surface area contributed by atoms with Gasteiger partial charge in [-0.3, -0.25) is 4.79 Å². The molecule has 2 amide bonds. The fourth-order valence-corrected chi connectivity index (χ4v) is 7.35. The number of carboxylic acid groups (broad SMARTS) is 1. The molecule has 1 aliphatic carbocycles. The average Bonchev–Trinajstić information content (AvgIpc) is 3.51. The van der Waals surface area contributed by atoms with Gasteiger partial charge in [0.25, 0.3) is 0 Å². The molecule has 216 valence electrons. The van der Waals surface area contributed by atoms with Crippen molar-refractivity contribution >= 4 is 40.2 Å². The Labute approximate surface area is 240 Å². The number of nitrogens with one attached hydrogen (secondary N) is 1. The van der Waals surface area contributed by atoms with E-state index >= 15 is 0 Å². The molecule has 1 aliphatic heterocycles. The molecule has 1 saturated heterocycles. The van der Waals surface area contributed by atoms with Gasteiger partial charge in [-0.2, -0.15) is 0 Å². The Bertz CT molecular complexity index is 1130. The number of nitrogens with zero attached hydrogens (tertiary/aromatic N) is 4. The quantitative estimate of drug-likeness (QED) is 0.361. The largest absolute Gasteiger partial charge is 0.465 e. The van der Waals surface area contributed by atoms with E-state index in [0.29, 0.717) is 12.3 Å². The summed E-state index contributed by atoms with van der Waals surface area (Å²) in [5, 5.41) is 14.2. The Morgan fingerprint density at radius 2 is 1.85 bits per heavy atom. The van der Waals surface area contributed by atoms with Crippen LogP contribution in [-0.4, -0.2) is 67.6 Å². The van der Waals surface area contributed by atoms with Crippen molar-refractivity contribution in [2.75, 3.05) is 18.4 Å². The lowest BCUT2D eigenvalue weighted by Crippen LogP contribution is -2.53. The predicted molar refractivity (Wildman–Crippen MR) is 155 cm³/mol. The molecule has 0 spiro atoms. The number of thioether (sulfide) groups is 1. The first-order valence-corrected chi connectivity index (χ1v) is 15.7. The Morgan fingerprint density at radius 3 is 2.46 bits per heavy atom. The summed E-state index contributed by atoms with van der Waals surface area (Å²) in [5.74, 6) is 2.46. The minimum absolute atomic E-state index is 0.0208. The maximum atomic E-state index is 13.4. The highest BCUT2D eigenvalue weighted by molar-refractivity contribution is 8.00. The second-order valence-corrected chi connectivity index (χ2v) is 15.0. The van der Waals surface area contributed by atoms with Gasteiger partial charge >= 0.3 is 6.09 Å². The number of oxazole rings is 1. The monoisotopic (exact) mass is 577 g/mol. The Balaban J connectivity index is 1.25. The van der Waals surface area contributed by atoms with Crippen LogP contribution in [0.2, 0.25) is 0 Å². The van der Waals surface area contributed by atoms with Gasteiger partial charge in [-0.15, -0.1) is 11.8 Å². The van der Waals surface area contributed by atoms with Gasteiger partial charge in [0.15, 0.2) is 5.13 Å². The van der Waals surface area contributed by atoms with Gasteiger partial charge in [-0.1, -0.05) is 32.1 Å². The van der Waals surface area contributed by atoms with E-state index in [2.05, 4.69) is 36.1 Å². The van der Waals surface area contributed by atoms with Crippen LogP contribution < -0.4 is 5.32 Å². The summed E-state index contributed by atoms with van der Waals surface area (Å²) < 4.78 is 6.99. The van der Waals surface area contributed by atoms with E-state index in [9.17, 15) is 14.7 Å². The fraction of sp³-hybridized carbons (Fsp3) is 0.714. The molecule has 2 aromatic rings. The van der Waals surface area contributed by atoms with Crippen LogP contribution in [0.3, 0.4) is 0 Å². The Morgan fingerprint density at radius 1 is 1.13 bits per heavy atom. The normalized spacial score (nSPS) is 22.5. The molecular weight excluding hydrogens is 534 g/mol. The second kappa shape index (κ2) is 12.1. The molecule has 1 atom stereocenters. The van der Waals surface area contributed by atoms with Crippen LogP contribution in [0.1, 0.15) is 91.7 Å². The van der Waals surface area contributed by atoms with Gasteiger partial charge in [-0.05, 0) is 59.3 Å². The first-order valence-electron chi connectivity index (χ1n) is 13.9. The molecule has 2 N–H and O–H groups in total. The predicted octanol–water partition coefficient (Wildman–Crippen LogP) is 6.46. The molecule has 0 bridgehead atoms. The first kappa shape index (κ1) is 29.7. The third-order valence-electron chi connectivity index (χ3n) is 7.52. The molecule has 0 aromatic carbocycles. The third-order valence-corrected chi connectivity index (χ3v) is 9.62. The van der Waals surface area contributed by atoms with Crippen LogP contribution in [0, 0.1) is 5.92 Å². The molecular formula is C28H43N5O4S2. The van der Waals surface area contributed by atoms with E-state index in [1.54, 1.807) is 28.0 Å². The van der Waals surface area contributed by atoms with Crippen molar-refractivity contribution in [1.29, 1.82) is 0 Å². The summed E-state index contributed by atoms with van der Waals surface area (Å²) >= 11 is 3.28. The smallest absolute Gasteiger partial charge is 0.407 e. The standard InChI is InChI=1S/C28H43N5O4S2/c1-27(2,3)21-14-29-22(37-21)17-38-23-15-30-25(39-23)31-19-8-7-13-32(16-19)24(34)18-9-11-20(12-10-18)33(26(35)36)28(4,5)6/h14-15,18-20H,7-13,16-17H2,1-6H3,(H,30,31)(H,35,36)/t18?,19-,20?/m1/s1. The number of likely N-dealkylation sites (tertiary alicyclic amines) is 1. The van der Waals surface area contributed by atoms with Crippen molar-refractivity contribution in [3.05, 3.63) is 24.0 Å². The maximum Gasteiger partial charge on any atom is 0.407 e. The van der Waals surface area contributed by atoms with Gasteiger partial charge in [0.1, 0.15) is 5.76 Å². The van der Waals surface area contributed by atoms with E-state index in [1.165, 1.54) is 0 Å². The van der Waals surface area contributed by atoms with Gasteiger partial charge in [0.2, 0.25) is 11.8 Å². The minimum Gasteiger partial charge on any atom is -0.465 e. The molecule has 0 radical (unpaired) electrons.